The summed E-state index contributed by atoms with van der Waals surface area (Å²) in [5, 5.41) is 7.84. The standard InChI is InChI=1S/C33H43N7O5/c1-19(30-25(41-4)10-13-40(30)3)43-26-14-27(44-21-15-36-18-42-17-21)38-32(37-26)29-22-6-5-11-33(31(22)45-39-29)12-9-20-7-8-24(34)23(16-35-2)28(20)33/h7-8,14,16,19,21,25,30,36H,5-6,9-13,15,17-18,34H2,1-4H3/t19-,21+,25-,30+,33-/m0/s1. The molecule has 0 saturated carbocycles. The highest BCUT2D eigenvalue weighted by Gasteiger charge is 2.49. The predicted molar refractivity (Wildman–Crippen MR) is 169 cm³/mol. The lowest BCUT2D eigenvalue weighted by molar-refractivity contribution is 0.000619. The molecule has 1 spiro atoms. The number of rotatable bonds is 8. The highest BCUT2D eigenvalue weighted by molar-refractivity contribution is 5.91. The number of nitrogens with two attached hydrogens (primary N) is 1. The summed E-state index contributed by atoms with van der Waals surface area (Å²) in [5.74, 6) is 2.13. The third kappa shape index (κ3) is 5.37. The van der Waals surface area contributed by atoms with Crippen molar-refractivity contribution in [3.05, 3.63) is 46.2 Å². The van der Waals surface area contributed by atoms with E-state index in [-0.39, 0.29) is 29.8 Å². The van der Waals surface area contributed by atoms with E-state index < -0.39 is 0 Å². The molecular weight excluding hydrogens is 574 g/mol. The van der Waals surface area contributed by atoms with E-state index in [1.165, 1.54) is 11.1 Å². The van der Waals surface area contributed by atoms with Gasteiger partial charge < -0.3 is 29.2 Å². The van der Waals surface area contributed by atoms with Crippen LogP contribution in [0.3, 0.4) is 0 Å². The molecule has 2 saturated heterocycles. The maximum Gasteiger partial charge on any atom is 0.221 e. The fourth-order valence-corrected chi connectivity index (χ4v) is 7.98. The van der Waals surface area contributed by atoms with E-state index >= 15 is 0 Å². The van der Waals surface area contributed by atoms with Gasteiger partial charge in [-0.05, 0) is 69.7 Å². The Morgan fingerprint density at radius 1 is 1.22 bits per heavy atom. The molecular formula is C33H43N7O5. The van der Waals surface area contributed by atoms with Crippen molar-refractivity contribution in [2.24, 2.45) is 4.99 Å². The van der Waals surface area contributed by atoms with E-state index in [0.29, 0.717) is 43.2 Å². The van der Waals surface area contributed by atoms with Crippen LogP contribution in [0.4, 0.5) is 5.69 Å². The van der Waals surface area contributed by atoms with Crippen molar-refractivity contribution in [2.75, 3.05) is 53.4 Å². The van der Waals surface area contributed by atoms with Gasteiger partial charge in [0.05, 0.1) is 37.0 Å². The lowest BCUT2D eigenvalue weighted by Crippen LogP contribution is -2.45. The molecule has 0 unspecified atom stereocenters. The van der Waals surface area contributed by atoms with Crippen molar-refractivity contribution in [3.63, 3.8) is 0 Å². The third-order valence-corrected chi connectivity index (χ3v) is 9.98. The van der Waals surface area contributed by atoms with Crippen molar-refractivity contribution in [2.45, 2.75) is 75.2 Å². The number of aliphatic imine (C=N–C) groups is 1. The van der Waals surface area contributed by atoms with Gasteiger partial charge in [0.15, 0.2) is 17.3 Å². The predicted octanol–water partition coefficient (Wildman–Crippen LogP) is 3.14. The van der Waals surface area contributed by atoms with Crippen LogP contribution in [0.1, 0.15) is 60.6 Å². The number of likely N-dealkylation sites (tertiary alicyclic amines) is 1. The Balaban J connectivity index is 1.28. The SMILES string of the molecule is CN=Cc1c(N)ccc2c1[C@]1(CCCc3c(-c4nc(O[C@@H]5CNCOC5)cc(O[C@@H](C)[C@@H]5[C@@H](OC)CCN5C)n4)noc31)CC2. The average Bonchev–Trinajstić information content (AvgIpc) is 3.75. The summed E-state index contributed by atoms with van der Waals surface area (Å²) in [6, 6.07) is 5.97. The van der Waals surface area contributed by atoms with Gasteiger partial charge in [-0.2, -0.15) is 9.97 Å². The van der Waals surface area contributed by atoms with Crippen LogP contribution in [-0.2, 0) is 27.7 Å². The minimum Gasteiger partial charge on any atom is -0.473 e. The number of nitrogens with one attached hydrogen (secondary N) is 1. The van der Waals surface area contributed by atoms with Crippen LogP contribution in [0.25, 0.3) is 11.5 Å². The zero-order chi connectivity index (χ0) is 31.1. The Morgan fingerprint density at radius 3 is 2.89 bits per heavy atom. The van der Waals surface area contributed by atoms with E-state index in [0.717, 1.165) is 67.6 Å². The molecule has 3 N–H and O–H groups in total. The summed E-state index contributed by atoms with van der Waals surface area (Å²) in [6.45, 7) is 4.63. The summed E-state index contributed by atoms with van der Waals surface area (Å²) in [5.41, 5.74) is 12.0. The Hall–Kier alpha value is -3.58. The number of hydrogen-bond acceptors (Lipinski definition) is 12. The summed E-state index contributed by atoms with van der Waals surface area (Å²) in [7, 11) is 5.64. The Kier molecular flexibility index (Phi) is 8.23. The number of aromatic nitrogens is 3. The van der Waals surface area contributed by atoms with E-state index in [1.54, 1.807) is 20.2 Å². The van der Waals surface area contributed by atoms with Crippen LogP contribution in [0.2, 0.25) is 0 Å². The smallest absolute Gasteiger partial charge is 0.221 e. The number of methoxy groups -OCH3 is 1. The van der Waals surface area contributed by atoms with Gasteiger partial charge in [-0.3, -0.25) is 15.2 Å². The molecule has 0 amide bonds. The summed E-state index contributed by atoms with van der Waals surface area (Å²) in [6.07, 6.45) is 7.15. The molecule has 12 heteroatoms. The maximum absolute atomic E-state index is 6.52. The van der Waals surface area contributed by atoms with Crippen molar-refractivity contribution in [3.8, 4) is 23.3 Å². The lowest BCUT2D eigenvalue weighted by Gasteiger charge is -2.33. The van der Waals surface area contributed by atoms with E-state index in [2.05, 4.69) is 40.4 Å². The quantitative estimate of drug-likeness (QED) is 0.284. The molecule has 240 valence electrons. The topological polar surface area (TPSA) is 142 Å². The molecule has 1 aromatic carbocycles. The number of nitrogen functional groups attached to an aromatic ring is 1. The molecule has 3 aromatic rings. The van der Waals surface area contributed by atoms with Gasteiger partial charge in [-0.15, -0.1) is 0 Å². The molecule has 5 atom stereocenters. The summed E-state index contributed by atoms with van der Waals surface area (Å²) < 4.78 is 30.5. The fraction of sp³-hybridized carbons (Fsp3) is 0.576. The molecule has 45 heavy (non-hydrogen) atoms. The summed E-state index contributed by atoms with van der Waals surface area (Å²) in [4.78, 5) is 16.4. The van der Waals surface area contributed by atoms with Crippen LogP contribution >= 0.6 is 0 Å². The first kappa shape index (κ1) is 30.1. The molecule has 2 fully saturated rings. The fourth-order valence-electron chi connectivity index (χ4n) is 7.98. The molecule has 2 aliphatic carbocycles. The minimum atomic E-state index is -0.324. The van der Waals surface area contributed by atoms with E-state index in [1.807, 2.05) is 12.3 Å². The number of fused-ring (bicyclic) bond motifs is 4. The van der Waals surface area contributed by atoms with Crippen LogP contribution in [0, 0.1) is 0 Å². The van der Waals surface area contributed by atoms with E-state index in [9.17, 15) is 0 Å². The average molecular weight is 618 g/mol. The van der Waals surface area contributed by atoms with Gasteiger partial charge in [0.25, 0.3) is 0 Å². The zero-order valence-electron chi connectivity index (χ0n) is 26.5. The Morgan fingerprint density at radius 2 is 2.09 bits per heavy atom. The van der Waals surface area contributed by atoms with Crippen LogP contribution in [-0.4, -0.2) is 98.2 Å². The number of likely N-dealkylation sites (N-methyl/N-ethyl adjacent to an activating group) is 1. The van der Waals surface area contributed by atoms with Gasteiger partial charge in [0, 0.05) is 50.3 Å². The van der Waals surface area contributed by atoms with Crippen LogP contribution in [0.5, 0.6) is 11.8 Å². The Bertz CT molecular complexity index is 1570. The van der Waals surface area contributed by atoms with Gasteiger partial charge in [0.1, 0.15) is 12.2 Å². The number of benzene rings is 1. The molecule has 4 heterocycles. The molecule has 7 rings (SSSR count). The van der Waals surface area contributed by atoms with Crippen molar-refractivity contribution in [1.29, 1.82) is 0 Å². The molecule has 4 aliphatic rings. The molecule has 0 radical (unpaired) electrons. The third-order valence-electron chi connectivity index (χ3n) is 9.98. The van der Waals surface area contributed by atoms with Gasteiger partial charge in [-0.25, -0.2) is 0 Å². The second-order valence-corrected chi connectivity index (χ2v) is 12.7. The number of nitrogens with zero attached hydrogens (tertiary/aromatic N) is 5. The largest absolute Gasteiger partial charge is 0.473 e. The molecule has 2 aromatic heterocycles. The number of anilines is 1. The van der Waals surface area contributed by atoms with Crippen molar-refractivity contribution >= 4 is 11.9 Å². The summed E-state index contributed by atoms with van der Waals surface area (Å²) >= 11 is 0. The highest BCUT2D eigenvalue weighted by atomic mass is 16.5. The van der Waals surface area contributed by atoms with Crippen molar-refractivity contribution < 1.29 is 23.5 Å². The van der Waals surface area contributed by atoms with E-state index in [4.69, 9.17) is 39.2 Å². The van der Waals surface area contributed by atoms with Crippen LogP contribution < -0.4 is 20.5 Å². The van der Waals surface area contributed by atoms with Gasteiger partial charge in [0.2, 0.25) is 11.8 Å². The minimum absolute atomic E-state index is 0.0807. The second-order valence-electron chi connectivity index (χ2n) is 12.7. The molecule has 2 aliphatic heterocycles. The monoisotopic (exact) mass is 617 g/mol. The van der Waals surface area contributed by atoms with Gasteiger partial charge >= 0.3 is 0 Å². The van der Waals surface area contributed by atoms with Gasteiger partial charge in [-0.1, -0.05) is 11.2 Å². The number of hydrogen-bond donors (Lipinski definition) is 2. The molecule has 0 bridgehead atoms. The normalized spacial score (nSPS) is 27.2. The molecule has 12 nitrogen and oxygen atoms in total. The first-order valence-electron chi connectivity index (χ1n) is 16.0. The maximum atomic E-state index is 6.52. The zero-order valence-corrected chi connectivity index (χ0v) is 26.5. The Labute approximate surface area is 263 Å². The lowest BCUT2D eigenvalue weighted by atomic mass is 9.68. The first-order valence-corrected chi connectivity index (χ1v) is 16.0. The highest BCUT2D eigenvalue weighted by Crippen LogP contribution is 2.54. The second kappa shape index (κ2) is 12.3. The first-order chi connectivity index (χ1) is 21.9. The van der Waals surface area contributed by atoms with Crippen molar-refractivity contribution in [1.82, 2.24) is 25.3 Å². The van der Waals surface area contributed by atoms with Crippen LogP contribution in [0.15, 0.2) is 27.7 Å². The number of ether oxygens (including phenoxy) is 4. The number of aryl methyl sites for hydroxylation is 1.